The van der Waals surface area contributed by atoms with Crippen molar-refractivity contribution in [3.05, 3.63) is 28.7 Å². The van der Waals surface area contributed by atoms with E-state index in [1.165, 1.54) is 6.20 Å². The highest BCUT2D eigenvalue weighted by Crippen LogP contribution is 2.32. The highest BCUT2D eigenvalue weighted by atomic mass is 32.1. The lowest BCUT2D eigenvalue weighted by molar-refractivity contribution is -0.165. The van der Waals surface area contributed by atoms with Gasteiger partial charge in [-0.1, -0.05) is 6.58 Å². The van der Waals surface area contributed by atoms with Gasteiger partial charge >= 0.3 is 11.9 Å². The van der Waals surface area contributed by atoms with Crippen LogP contribution in [0.25, 0.3) is 0 Å². The van der Waals surface area contributed by atoms with Crippen LogP contribution >= 0.6 is 11.3 Å². The van der Waals surface area contributed by atoms with Crippen LogP contribution in [0.15, 0.2) is 23.7 Å². The fourth-order valence-electron chi connectivity index (χ4n) is 1.25. The molecule has 18 heavy (non-hydrogen) atoms. The van der Waals surface area contributed by atoms with E-state index in [9.17, 15) is 14.7 Å². The Balaban J connectivity index is 3.22. The smallest absolute Gasteiger partial charge is 0.350 e. The van der Waals surface area contributed by atoms with Crippen molar-refractivity contribution in [3.63, 3.8) is 0 Å². The number of nitrogens with zero attached hydrogens (tertiary/aromatic N) is 1. The molecule has 0 saturated carbocycles. The molecule has 1 heterocycles. The summed E-state index contributed by atoms with van der Waals surface area (Å²) in [6, 6.07) is 0. The molecule has 0 aliphatic heterocycles. The summed E-state index contributed by atoms with van der Waals surface area (Å²) < 4.78 is 9.21. The van der Waals surface area contributed by atoms with E-state index in [2.05, 4.69) is 16.3 Å². The van der Waals surface area contributed by atoms with Crippen LogP contribution in [-0.2, 0) is 24.7 Å². The Morgan fingerprint density at radius 3 is 2.72 bits per heavy atom. The Morgan fingerprint density at radius 1 is 1.61 bits per heavy atom. The Bertz CT molecular complexity index is 456. The maximum atomic E-state index is 11.9. The molecule has 1 aromatic rings. The average molecular weight is 271 g/mol. The summed E-state index contributed by atoms with van der Waals surface area (Å²) in [6.45, 7) is 5.04. The molecule has 0 spiro atoms. The zero-order valence-corrected chi connectivity index (χ0v) is 10.8. The lowest BCUT2D eigenvalue weighted by Gasteiger charge is -2.24. The van der Waals surface area contributed by atoms with Crippen molar-refractivity contribution in [2.45, 2.75) is 12.5 Å². The summed E-state index contributed by atoms with van der Waals surface area (Å²) in [7, 11) is 1.13. The van der Waals surface area contributed by atoms with Crippen molar-refractivity contribution >= 4 is 23.3 Å². The van der Waals surface area contributed by atoms with E-state index in [4.69, 9.17) is 4.74 Å². The van der Waals surface area contributed by atoms with Gasteiger partial charge in [0.2, 0.25) is 5.60 Å². The SMILES string of the molecule is C=C(C(=O)OC)C(O)(C(=O)OCC)c1nccs1. The number of methoxy groups -OCH3 is 1. The van der Waals surface area contributed by atoms with Crippen molar-refractivity contribution in [1.29, 1.82) is 0 Å². The molecule has 0 radical (unpaired) electrons. The number of carbonyl (C=O) groups excluding carboxylic acids is 2. The van der Waals surface area contributed by atoms with Crippen molar-refractivity contribution in [1.82, 2.24) is 4.98 Å². The Labute approximate surface area is 108 Å². The lowest BCUT2D eigenvalue weighted by Crippen LogP contribution is -2.41. The molecule has 0 saturated heterocycles. The first-order valence-electron chi connectivity index (χ1n) is 5.05. The van der Waals surface area contributed by atoms with Gasteiger partial charge in [0.15, 0.2) is 0 Å². The normalized spacial score (nSPS) is 13.5. The van der Waals surface area contributed by atoms with Gasteiger partial charge in [-0.2, -0.15) is 0 Å². The summed E-state index contributed by atoms with van der Waals surface area (Å²) >= 11 is 1.01. The van der Waals surface area contributed by atoms with E-state index < -0.39 is 23.1 Å². The number of carbonyl (C=O) groups is 2. The van der Waals surface area contributed by atoms with Gasteiger partial charge in [-0.15, -0.1) is 11.3 Å². The number of ether oxygens (including phenoxy) is 2. The number of aliphatic hydroxyl groups is 1. The first-order chi connectivity index (χ1) is 8.48. The summed E-state index contributed by atoms with van der Waals surface area (Å²) in [5.74, 6) is -1.91. The van der Waals surface area contributed by atoms with E-state index in [-0.39, 0.29) is 11.6 Å². The molecule has 7 heteroatoms. The van der Waals surface area contributed by atoms with Crippen LogP contribution in [0.4, 0.5) is 0 Å². The summed E-state index contributed by atoms with van der Waals surface area (Å²) in [6.07, 6.45) is 1.40. The maximum Gasteiger partial charge on any atom is 0.350 e. The van der Waals surface area contributed by atoms with Crippen LogP contribution in [-0.4, -0.2) is 35.7 Å². The van der Waals surface area contributed by atoms with Crippen LogP contribution in [0.5, 0.6) is 0 Å². The maximum absolute atomic E-state index is 11.9. The van der Waals surface area contributed by atoms with Crippen molar-refractivity contribution in [2.24, 2.45) is 0 Å². The highest BCUT2D eigenvalue weighted by molar-refractivity contribution is 7.09. The van der Waals surface area contributed by atoms with Gasteiger partial charge in [-0.25, -0.2) is 14.6 Å². The molecule has 0 aliphatic rings. The molecule has 0 fully saturated rings. The number of aromatic nitrogens is 1. The van der Waals surface area contributed by atoms with Crippen LogP contribution in [0.2, 0.25) is 0 Å². The Hall–Kier alpha value is -1.73. The van der Waals surface area contributed by atoms with E-state index in [0.717, 1.165) is 18.4 Å². The Morgan fingerprint density at radius 2 is 2.28 bits per heavy atom. The van der Waals surface area contributed by atoms with Crippen molar-refractivity contribution in [2.75, 3.05) is 13.7 Å². The minimum atomic E-state index is -2.31. The van der Waals surface area contributed by atoms with Crippen LogP contribution < -0.4 is 0 Å². The number of esters is 2. The zero-order valence-electron chi connectivity index (χ0n) is 10.0. The molecular weight excluding hydrogens is 258 g/mol. The fraction of sp³-hybridized carbons (Fsp3) is 0.364. The topological polar surface area (TPSA) is 85.7 Å². The second kappa shape index (κ2) is 5.74. The molecule has 98 valence electrons. The van der Waals surface area contributed by atoms with E-state index in [1.807, 2.05) is 0 Å². The van der Waals surface area contributed by atoms with Crippen molar-refractivity contribution < 1.29 is 24.2 Å². The quantitative estimate of drug-likeness (QED) is 0.624. The molecule has 1 rings (SSSR count). The van der Waals surface area contributed by atoms with Gasteiger partial charge in [0, 0.05) is 11.6 Å². The van der Waals surface area contributed by atoms with Crippen LogP contribution in [0.3, 0.4) is 0 Å². The van der Waals surface area contributed by atoms with Gasteiger partial charge in [0.25, 0.3) is 0 Å². The first kappa shape index (κ1) is 14.3. The number of hydrogen-bond acceptors (Lipinski definition) is 7. The molecule has 0 aliphatic carbocycles. The van der Waals surface area contributed by atoms with E-state index in [1.54, 1.807) is 12.3 Å². The van der Waals surface area contributed by atoms with Gasteiger partial charge in [0.05, 0.1) is 19.3 Å². The number of hydrogen-bond donors (Lipinski definition) is 1. The van der Waals surface area contributed by atoms with Gasteiger partial charge in [-0.3, -0.25) is 0 Å². The second-order valence-electron chi connectivity index (χ2n) is 3.24. The average Bonchev–Trinajstić information content (AvgIpc) is 2.90. The molecular formula is C11H13NO5S. The highest BCUT2D eigenvalue weighted by Gasteiger charge is 2.48. The minimum Gasteiger partial charge on any atom is -0.466 e. The van der Waals surface area contributed by atoms with Gasteiger partial charge in [-0.05, 0) is 6.92 Å². The molecule has 1 atom stereocenters. The largest absolute Gasteiger partial charge is 0.466 e. The van der Waals surface area contributed by atoms with Gasteiger partial charge < -0.3 is 14.6 Å². The fourth-order valence-corrected chi connectivity index (χ4v) is 2.00. The lowest BCUT2D eigenvalue weighted by atomic mass is 9.95. The van der Waals surface area contributed by atoms with Gasteiger partial charge in [0.1, 0.15) is 5.01 Å². The van der Waals surface area contributed by atoms with E-state index >= 15 is 0 Å². The summed E-state index contributed by atoms with van der Waals surface area (Å²) in [5, 5.41) is 12.0. The van der Waals surface area contributed by atoms with Crippen molar-refractivity contribution in [3.8, 4) is 0 Å². The number of rotatable bonds is 5. The third kappa shape index (κ3) is 2.41. The predicted molar refractivity (Wildman–Crippen MR) is 63.8 cm³/mol. The third-order valence-corrected chi connectivity index (χ3v) is 3.06. The van der Waals surface area contributed by atoms with E-state index in [0.29, 0.717) is 0 Å². The molecule has 1 N–H and O–H groups in total. The van der Waals surface area contributed by atoms with Crippen LogP contribution in [0, 0.1) is 0 Å². The zero-order chi connectivity index (χ0) is 13.8. The molecule has 0 amide bonds. The second-order valence-corrected chi connectivity index (χ2v) is 4.13. The standard InChI is InChI=1S/C11H13NO5S/c1-4-17-10(14)11(15,7(2)8(13)16-3)9-12-5-6-18-9/h5-6,15H,2,4H2,1,3H3. The Kier molecular flexibility index (Phi) is 4.57. The number of thiazole rings is 1. The minimum absolute atomic E-state index is 0.0105. The first-order valence-corrected chi connectivity index (χ1v) is 5.93. The third-order valence-electron chi connectivity index (χ3n) is 2.18. The predicted octanol–water partition coefficient (Wildman–Crippen LogP) is 0.623. The summed E-state index contributed by atoms with van der Waals surface area (Å²) in [4.78, 5) is 27.1. The molecule has 0 aromatic carbocycles. The van der Waals surface area contributed by atoms with Crippen LogP contribution in [0.1, 0.15) is 11.9 Å². The molecule has 1 unspecified atom stereocenters. The molecule has 6 nitrogen and oxygen atoms in total. The summed E-state index contributed by atoms with van der Waals surface area (Å²) in [5.41, 5.74) is -2.74. The molecule has 1 aromatic heterocycles. The monoisotopic (exact) mass is 271 g/mol. The molecule has 0 bridgehead atoms.